The van der Waals surface area contributed by atoms with Crippen molar-refractivity contribution in [2.75, 3.05) is 24.2 Å². The summed E-state index contributed by atoms with van der Waals surface area (Å²) in [5.41, 5.74) is 2.24. The van der Waals surface area contributed by atoms with E-state index in [0.29, 0.717) is 17.9 Å². The van der Waals surface area contributed by atoms with Crippen molar-refractivity contribution >= 4 is 27.5 Å². The predicted molar refractivity (Wildman–Crippen MR) is 146 cm³/mol. The highest BCUT2D eigenvalue weighted by molar-refractivity contribution is 7.92. The summed E-state index contributed by atoms with van der Waals surface area (Å²) in [6.45, 7) is 3.62. The second-order valence-corrected chi connectivity index (χ2v) is 11.7. The molecule has 0 bridgehead atoms. The SMILES string of the molecule is CCC(C(=O)NC1CCCCC1)N(Cc1cccc(C)c1)C(=O)CN(c1cccc(OC)c1)S(C)(=O)=O. The molecule has 1 N–H and O–H groups in total. The first-order valence-electron chi connectivity index (χ1n) is 12.9. The van der Waals surface area contributed by atoms with Crippen molar-refractivity contribution in [1.29, 1.82) is 0 Å². The molecule has 37 heavy (non-hydrogen) atoms. The molecule has 1 aliphatic carbocycles. The molecule has 202 valence electrons. The van der Waals surface area contributed by atoms with Gasteiger partial charge in [0.05, 0.1) is 19.1 Å². The zero-order valence-electron chi connectivity index (χ0n) is 22.3. The average molecular weight is 530 g/mol. The third-order valence-corrected chi connectivity index (χ3v) is 7.93. The Hall–Kier alpha value is -3.07. The lowest BCUT2D eigenvalue weighted by Crippen LogP contribution is -2.53. The molecule has 0 heterocycles. The molecule has 0 aliphatic heterocycles. The topological polar surface area (TPSA) is 96.0 Å². The molecule has 2 amide bonds. The van der Waals surface area contributed by atoms with E-state index in [4.69, 9.17) is 4.74 Å². The zero-order valence-corrected chi connectivity index (χ0v) is 23.1. The molecule has 0 saturated heterocycles. The maximum Gasteiger partial charge on any atom is 0.244 e. The summed E-state index contributed by atoms with van der Waals surface area (Å²) in [7, 11) is -2.30. The van der Waals surface area contributed by atoms with Gasteiger partial charge in [0.2, 0.25) is 21.8 Å². The number of ether oxygens (including phenoxy) is 1. The van der Waals surface area contributed by atoms with E-state index >= 15 is 0 Å². The lowest BCUT2D eigenvalue weighted by Gasteiger charge is -2.34. The third-order valence-electron chi connectivity index (χ3n) is 6.79. The van der Waals surface area contributed by atoms with Gasteiger partial charge in [-0.25, -0.2) is 8.42 Å². The minimum absolute atomic E-state index is 0.107. The Morgan fingerprint density at radius 1 is 1.08 bits per heavy atom. The maximum absolute atomic E-state index is 13.8. The van der Waals surface area contributed by atoms with Crippen molar-refractivity contribution in [1.82, 2.24) is 10.2 Å². The van der Waals surface area contributed by atoms with Gasteiger partial charge in [-0.15, -0.1) is 0 Å². The Labute approximate surface area is 221 Å². The number of benzene rings is 2. The fourth-order valence-corrected chi connectivity index (χ4v) is 5.69. The van der Waals surface area contributed by atoms with Crippen LogP contribution in [0.3, 0.4) is 0 Å². The van der Waals surface area contributed by atoms with Crippen LogP contribution in [-0.2, 0) is 26.2 Å². The zero-order chi connectivity index (χ0) is 27.0. The van der Waals surface area contributed by atoms with Gasteiger partial charge in [0.1, 0.15) is 18.3 Å². The second kappa shape index (κ2) is 12.9. The van der Waals surface area contributed by atoms with E-state index in [9.17, 15) is 18.0 Å². The molecule has 0 aromatic heterocycles. The third kappa shape index (κ3) is 7.95. The number of methoxy groups -OCH3 is 1. The summed E-state index contributed by atoms with van der Waals surface area (Å²) in [5.74, 6) is -0.156. The number of anilines is 1. The lowest BCUT2D eigenvalue weighted by atomic mass is 9.95. The van der Waals surface area contributed by atoms with Crippen molar-refractivity contribution < 1.29 is 22.7 Å². The van der Waals surface area contributed by atoms with Crippen LogP contribution in [0.4, 0.5) is 5.69 Å². The molecule has 0 radical (unpaired) electrons. The number of nitrogens with one attached hydrogen (secondary N) is 1. The van der Waals surface area contributed by atoms with E-state index in [1.807, 2.05) is 38.1 Å². The largest absolute Gasteiger partial charge is 0.497 e. The van der Waals surface area contributed by atoms with Crippen molar-refractivity contribution in [2.45, 2.75) is 71.0 Å². The van der Waals surface area contributed by atoms with Crippen molar-refractivity contribution in [3.05, 3.63) is 59.7 Å². The smallest absolute Gasteiger partial charge is 0.244 e. The quantitative estimate of drug-likeness (QED) is 0.474. The lowest BCUT2D eigenvalue weighted by molar-refractivity contribution is -0.140. The van der Waals surface area contributed by atoms with E-state index in [-0.39, 0.29) is 18.5 Å². The van der Waals surface area contributed by atoms with Crippen molar-refractivity contribution in [3.8, 4) is 5.75 Å². The minimum atomic E-state index is -3.80. The second-order valence-electron chi connectivity index (χ2n) is 9.75. The molecular formula is C28H39N3O5S. The number of rotatable bonds is 11. The first kappa shape index (κ1) is 28.5. The predicted octanol–water partition coefficient (Wildman–Crippen LogP) is 4.03. The van der Waals surface area contributed by atoms with Crippen LogP contribution in [0, 0.1) is 6.92 Å². The van der Waals surface area contributed by atoms with Gasteiger partial charge in [-0.3, -0.25) is 13.9 Å². The number of carbonyl (C=O) groups excluding carboxylic acids is 2. The summed E-state index contributed by atoms with van der Waals surface area (Å²) in [4.78, 5) is 28.8. The number of sulfonamides is 1. The van der Waals surface area contributed by atoms with Gasteiger partial charge in [-0.1, -0.05) is 62.1 Å². The van der Waals surface area contributed by atoms with Crippen molar-refractivity contribution in [2.24, 2.45) is 0 Å². The van der Waals surface area contributed by atoms with Crippen LogP contribution in [0.1, 0.15) is 56.6 Å². The molecule has 9 heteroatoms. The van der Waals surface area contributed by atoms with Crippen LogP contribution >= 0.6 is 0 Å². The van der Waals surface area contributed by atoms with E-state index < -0.39 is 28.5 Å². The van der Waals surface area contributed by atoms with E-state index in [2.05, 4.69) is 5.32 Å². The van der Waals surface area contributed by atoms with Crippen LogP contribution in [0.15, 0.2) is 48.5 Å². The van der Waals surface area contributed by atoms with Crippen molar-refractivity contribution in [3.63, 3.8) is 0 Å². The fourth-order valence-electron chi connectivity index (χ4n) is 4.85. The molecule has 1 fully saturated rings. The highest BCUT2D eigenvalue weighted by Crippen LogP contribution is 2.24. The fraction of sp³-hybridized carbons (Fsp3) is 0.500. The Kier molecular flexibility index (Phi) is 9.97. The molecule has 3 rings (SSSR count). The van der Waals surface area contributed by atoms with E-state index in [0.717, 1.165) is 47.4 Å². The summed E-state index contributed by atoms with van der Waals surface area (Å²) < 4.78 is 31.8. The van der Waals surface area contributed by atoms with Crippen LogP contribution in [-0.4, -0.2) is 57.1 Å². The standard InChI is InChI=1S/C28H39N3O5S/c1-5-26(28(33)29-23-13-7-6-8-14-23)30(19-22-12-9-11-21(2)17-22)27(32)20-31(37(4,34)35)24-15-10-16-25(18-24)36-3/h9-12,15-18,23,26H,5-8,13-14,19-20H2,1-4H3,(H,29,33). The number of amides is 2. The minimum Gasteiger partial charge on any atom is -0.497 e. The first-order valence-corrected chi connectivity index (χ1v) is 14.7. The van der Waals surface area contributed by atoms with Gasteiger partial charge in [-0.05, 0) is 43.9 Å². The van der Waals surface area contributed by atoms with E-state index in [1.54, 1.807) is 24.3 Å². The van der Waals surface area contributed by atoms with Crippen LogP contribution < -0.4 is 14.4 Å². The van der Waals surface area contributed by atoms with Gasteiger partial charge in [0.15, 0.2) is 0 Å². The van der Waals surface area contributed by atoms with Gasteiger partial charge in [0, 0.05) is 18.7 Å². The molecule has 0 spiro atoms. The summed E-state index contributed by atoms with van der Waals surface area (Å²) >= 11 is 0. The molecule has 2 aromatic rings. The summed E-state index contributed by atoms with van der Waals surface area (Å²) in [6, 6.07) is 13.7. The number of nitrogens with zero attached hydrogens (tertiary/aromatic N) is 2. The van der Waals surface area contributed by atoms with E-state index in [1.165, 1.54) is 18.4 Å². The maximum atomic E-state index is 13.8. The number of hydrogen-bond acceptors (Lipinski definition) is 5. The van der Waals surface area contributed by atoms with Crippen LogP contribution in [0.25, 0.3) is 0 Å². The molecule has 8 nitrogen and oxygen atoms in total. The van der Waals surface area contributed by atoms with Crippen LogP contribution in [0.5, 0.6) is 5.75 Å². The molecular weight excluding hydrogens is 490 g/mol. The summed E-state index contributed by atoms with van der Waals surface area (Å²) in [6.07, 6.45) is 6.69. The molecule has 1 aliphatic rings. The molecule has 1 unspecified atom stereocenters. The van der Waals surface area contributed by atoms with Crippen LogP contribution in [0.2, 0.25) is 0 Å². The average Bonchev–Trinajstić information content (AvgIpc) is 2.87. The van der Waals surface area contributed by atoms with Gasteiger partial charge < -0.3 is 15.0 Å². The number of hydrogen-bond donors (Lipinski definition) is 1. The Morgan fingerprint density at radius 2 is 1.78 bits per heavy atom. The van der Waals surface area contributed by atoms with Gasteiger partial charge in [0.25, 0.3) is 0 Å². The summed E-state index contributed by atoms with van der Waals surface area (Å²) in [5, 5.41) is 3.15. The highest BCUT2D eigenvalue weighted by Gasteiger charge is 2.33. The number of carbonyl (C=O) groups is 2. The molecule has 1 saturated carbocycles. The number of aryl methyl sites for hydroxylation is 1. The molecule has 2 aromatic carbocycles. The Morgan fingerprint density at radius 3 is 2.41 bits per heavy atom. The molecule has 1 atom stereocenters. The van der Waals surface area contributed by atoms with Gasteiger partial charge in [-0.2, -0.15) is 0 Å². The Balaban J connectivity index is 1.92. The monoisotopic (exact) mass is 529 g/mol. The normalized spacial score (nSPS) is 15.0. The van der Waals surface area contributed by atoms with Gasteiger partial charge >= 0.3 is 0 Å². The highest BCUT2D eigenvalue weighted by atomic mass is 32.2. The first-order chi connectivity index (χ1) is 17.6. The Bertz CT molecular complexity index is 1180.